The Bertz CT molecular complexity index is 1430. The van der Waals surface area contributed by atoms with E-state index in [-0.39, 0.29) is 17.7 Å². The molecule has 2 N–H and O–H groups in total. The van der Waals surface area contributed by atoms with E-state index in [1.54, 1.807) is 12.1 Å². The minimum atomic E-state index is -0.534. The number of hydrogen-bond donors (Lipinski definition) is 2. The van der Waals surface area contributed by atoms with Crippen molar-refractivity contribution in [1.29, 1.82) is 0 Å². The molecule has 0 unspecified atom stereocenters. The van der Waals surface area contributed by atoms with Crippen molar-refractivity contribution in [2.45, 2.75) is 26.8 Å². The second-order valence-corrected chi connectivity index (χ2v) is 8.76. The van der Waals surface area contributed by atoms with Crippen LogP contribution < -0.4 is 21.4 Å². The monoisotopic (exact) mass is 457 g/mol. The molecule has 0 saturated heterocycles. The Labute approximate surface area is 185 Å². The van der Waals surface area contributed by atoms with Gasteiger partial charge in [-0.05, 0) is 31.0 Å². The molecule has 4 rings (SSSR count). The lowest BCUT2D eigenvalue weighted by molar-refractivity contribution is 0.313. The second-order valence-electron chi connectivity index (χ2n) is 7.10. The summed E-state index contributed by atoms with van der Waals surface area (Å²) < 4.78 is 6.47. The first-order valence-corrected chi connectivity index (χ1v) is 10.9. The smallest absolute Gasteiger partial charge is 0.329 e. The van der Waals surface area contributed by atoms with Crippen LogP contribution >= 0.6 is 22.9 Å². The van der Waals surface area contributed by atoms with Crippen molar-refractivity contribution in [1.82, 2.24) is 14.5 Å². The molecule has 0 amide bonds. The van der Waals surface area contributed by atoms with Gasteiger partial charge in [-0.1, -0.05) is 30.7 Å². The second kappa shape index (κ2) is 8.56. The van der Waals surface area contributed by atoms with E-state index in [0.717, 1.165) is 27.0 Å². The molecule has 0 atom stereocenters. The summed E-state index contributed by atoms with van der Waals surface area (Å²) in [6.45, 7) is 4.22. The highest BCUT2D eigenvalue weighted by Gasteiger charge is 2.18. The van der Waals surface area contributed by atoms with Gasteiger partial charge in [-0.15, -0.1) is 11.3 Å². The number of aromatic nitrogens is 3. The molecule has 0 radical (unpaired) electrons. The summed E-state index contributed by atoms with van der Waals surface area (Å²) in [7, 11) is 0. The molecule has 160 valence electrons. The van der Waals surface area contributed by atoms with Gasteiger partial charge in [0.05, 0.1) is 18.5 Å². The number of benzene rings is 1. The molecule has 4 aromatic rings. The minimum absolute atomic E-state index is 0.0671. The van der Waals surface area contributed by atoms with E-state index in [9.17, 15) is 14.4 Å². The number of nitrogens with zero attached hydrogens (tertiary/aromatic N) is 1. The maximum atomic E-state index is 13.3. The third-order valence-electron chi connectivity index (χ3n) is 4.87. The molecule has 0 saturated carbocycles. The SMILES string of the molecule is CCCOc1c[nH]c(Cn2c(=O)[nH]c3sc(C)c(-c4ccc(Cl)cc4)c3c2=O)cc1=O. The number of halogens is 1. The fourth-order valence-electron chi connectivity index (χ4n) is 3.42. The molecule has 1 aromatic carbocycles. The van der Waals surface area contributed by atoms with Crippen LogP contribution in [0.3, 0.4) is 0 Å². The van der Waals surface area contributed by atoms with Gasteiger partial charge in [0.1, 0.15) is 4.83 Å². The fourth-order valence-corrected chi connectivity index (χ4v) is 4.61. The summed E-state index contributed by atoms with van der Waals surface area (Å²) in [4.78, 5) is 45.4. The molecule has 0 aliphatic rings. The number of pyridine rings is 1. The fraction of sp³-hybridized carbons (Fsp3) is 0.227. The van der Waals surface area contributed by atoms with Crippen LogP contribution in [-0.4, -0.2) is 21.1 Å². The number of aromatic amines is 2. The van der Waals surface area contributed by atoms with E-state index in [0.29, 0.717) is 27.5 Å². The van der Waals surface area contributed by atoms with Crippen molar-refractivity contribution in [3.8, 4) is 16.9 Å². The van der Waals surface area contributed by atoms with E-state index in [1.165, 1.54) is 23.6 Å². The molecule has 0 bridgehead atoms. The quantitative estimate of drug-likeness (QED) is 0.458. The van der Waals surface area contributed by atoms with E-state index in [2.05, 4.69) is 9.97 Å². The Balaban J connectivity index is 1.81. The van der Waals surface area contributed by atoms with Crippen LogP contribution in [0.4, 0.5) is 0 Å². The molecule has 31 heavy (non-hydrogen) atoms. The normalized spacial score (nSPS) is 11.2. The largest absolute Gasteiger partial charge is 0.488 e. The van der Waals surface area contributed by atoms with Crippen LogP contribution in [0.2, 0.25) is 5.02 Å². The highest BCUT2D eigenvalue weighted by molar-refractivity contribution is 7.19. The highest BCUT2D eigenvalue weighted by Crippen LogP contribution is 2.35. The predicted molar refractivity (Wildman–Crippen MR) is 124 cm³/mol. The number of thiophene rings is 1. The summed E-state index contributed by atoms with van der Waals surface area (Å²) in [5, 5.41) is 1.04. The van der Waals surface area contributed by atoms with E-state index in [1.807, 2.05) is 26.0 Å². The Morgan fingerprint density at radius 2 is 1.90 bits per heavy atom. The average Bonchev–Trinajstić information content (AvgIpc) is 3.07. The zero-order valence-corrected chi connectivity index (χ0v) is 18.5. The lowest BCUT2D eigenvalue weighted by atomic mass is 10.0. The van der Waals surface area contributed by atoms with E-state index >= 15 is 0 Å². The van der Waals surface area contributed by atoms with Crippen molar-refractivity contribution in [2.75, 3.05) is 6.61 Å². The first-order valence-electron chi connectivity index (χ1n) is 9.75. The number of nitrogens with one attached hydrogen (secondary N) is 2. The van der Waals surface area contributed by atoms with E-state index in [4.69, 9.17) is 16.3 Å². The molecular weight excluding hydrogens is 438 g/mol. The summed E-state index contributed by atoms with van der Waals surface area (Å²) in [6, 6.07) is 8.56. The molecule has 0 aliphatic carbocycles. The van der Waals surface area contributed by atoms with Crippen molar-refractivity contribution in [2.24, 2.45) is 0 Å². The Hall–Kier alpha value is -3.10. The number of H-pyrrole nitrogens is 2. The highest BCUT2D eigenvalue weighted by atomic mass is 35.5. The third-order valence-corrected chi connectivity index (χ3v) is 6.14. The maximum Gasteiger partial charge on any atom is 0.329 e. The van der Waals surface area contributed by atoms with Gasteiger partial charge in [-0.2, -0.15) is 0 Å². The van der Waals surface area contributed by atoms with Gasteiger partial charge >= 0.3 is 5.69 Å². The number of fused-ring (bicyclic) bond motifs is 1. The average molecular weight is 458 g/mol. The minimum Gasteiger partial charge on any atom is -0.488 e. The van der Waals surface area contributed by atoms with Gasteiger partial charge < -0.3 is 9.72 Å². The zero-order chi connectivity index (χ0) is 22.1. The van der Waals surface area contributed by atoms with Gasteiger partial charge in [0.25, 0.3) is 5.56 Å². The predicted octanol–water partition coefficient (Wildman–Crippen LogP) is 3.91. The number of hydrogen-bond acceptors (Lipinski definition) is 5. The number of aryl methyl sites for hydroxylation is 1. The van der Waals surface area contributed by atoms with Gasteiger partial charge in [-0.3, -0.25) is 19.1 Å². The van der Waals surface area contributed by atoms with Crippen LogP contribution in [0.15, 0.2) is 50.9 Å². The van der Waals surface area contributed by atoms with Crippen molar-refractivity contribution in [3.63, 3.8) is 0 Å². The summed E-state index contributed by atoms with van der Waals surface area (Å²) >= 11 is 7.36. The first-order chi connectivity index (χ1) is 14.9. The third kappa shape index (κ3) is 4.08. The Morgan fingerprint density at radius 3 is 2.58 bits per heavy atom. The van der Waals surface area contributed by atoms with Crippen molar-refractivity contribution >= 4 is 33.2 Å². The topological polar surface area (TPSA) is 96.9 Å². The van der Waals surface area contributed by atoms with Crippen LogP contribution in [0.25, 0.3) is 21.3 Å². The lowest BCUT2D eigenvalue weighted by Gasteiger charge is -2.08. The van der Waals surface area contributed by atoms with Crippen LogP contribution in [0.1, 0.15) is 23.9 Å². The molecule has 0 spiro atoms. The molecule has 3 heterocycles. The molecular formula is C22H20ClN3O4S. The van der Waals surface area contributed by atoms with Crippen LogP contribution in [0, 0.1) is 6.92 Å². The molecule has 7 nitrogen and oxygen atoms in total. The van der Waals surface area contributed by atoms with Gasteiger partial charge in [0, 0.05) is 33.4 Å². The summed E-state index contributed by atoms with van der Waals surface area (Å²) in [6.07, 6.45) is 2.24. The van der Waals surface area contributed by atoms with E-state index < -0.39 is 11.2 Å². The zero-order valence-electron chi connectivity index (χ0n) is 17.0. The Morgan fingerprint density at radius 1 is 1.16 bits per heavy atom. The lowest BCUT2D eigenvalue weighted by Crippen LogP contribution is -2.35. The Kier molecular flexibility index (Phi) is 5.84. The maximum absolute atomic E-state index is 13.3. The molecule has 0 fully saturated rings. The summed E-state index contributed by atoms with van der Waals surface area (Å²) in [5.74, 6) is 0.209. The van der Waals surface area contributed by atoms with Crippen molar-refractivity contribution < 1.29 is 4.74 Å². The molecule has 3 aromatic heterocycles. The van der Waals surface area contributed by atoms with Gasteiger partial charge in [-0.25, -0.2) is 4.79 Å². The number of ether oxygens (including phenoxy) is 1. The van der Waals surface area contributed by atoms with Gasteiger partial charge in [0.2, 0.25) is 5.43 Å². The molecule has 0 aliphatic heterocycles. The first kappa shape index (κ1) is 21.1. The molecule has 9 heteroatoms. The van der Waals surface area contributed by atoms with Crippen molar-refractivity contribution in [3.05, 3.63) is 83.2 Å². The summed E-state index contributed by atoms with van der Waals surface area (Å²) in [5.41, 5.74) is 0.786. The van der Waals surface area contributed by atoms with Crippen LogP contribution in [-0.2, 0) is 6.54 Å². The number of rotatable bonds is 6. The standard InChI is InChI=1S/C22H20ClN3O4S/c1-3-8-30-17-10-24-15(9-16(17)27)11-26-21(28)19-18(13-4-6-14(23)7-5-13)12(2)31-20(19)25-22(26)29/h4-7,9-10H,3,8,11H2,1-2H3,(H,24,27)(H,25,29). The van der Waals surface area contributed by atoms with Gasteiger partial charge in [0.15, 0.2) is 5.75 Å². The van der Waals surface area contributed by atoms with Crippen LogP contribution in [0.5, 0.6) is 5.75 Å².